The number of nitrogen functional groups attached to an aromatic ring is 1. The molecule has 2 aromatic carbocycles. The molecular weight excluding hydrogens is 270 g/mol. The Hall–Kier alpha value is -2.42. The molecule has 3 aromatic rings. The molecule has 118 valence electrons. The Morgan fingerprint density at radius 2 is 1.27 bits per heavy atom. The number of nitrogens with two attached hydrogens (primary N) is 1. The van der Waals surface area contributed by atoms with Crippen LogP contribution in [-0.2, 0) is 0 Å². The fraction of sp³-hybridized carbons (Fsp3) is 0.263. The Morgan fingerprint density at radius 3 is 1.77 bits per heavy atom. The van der Waals surface area contributed by atoms with Crippen LogP contribution < -0.4 is 5.73 Å². The van der Waals surface area contributed by atoms with Crippen molar-refractivity contribution in [2.24, 2.45) is 0 Å². The zero-order valence-corrected chi connectivity index (χ0v) is 14.2. The van der Waals surface area contributed by atoms with Crippen molar-refractivity contribution < 1.29 is 0 Å². The monoisotopic (exact) mass is 297 g/mol. The molecule has 3 heteroatoms. The topological polar surface area (TPSA) is 51.8 Å². The van der Waals surface area contributed by atoms with Gasteiger partial charge in [-0.2, -0.15) is 0 Å². The summed E-state index contributed by atoms with van der Waals surface area (Å²) in [6.07, 6.45) is 1.59. The minimum absolute atomic E-state index is 0.822. The first-order chi connectivity index (χ1) is 10.8. The van der Waals surface area contributed by atoms with E-state index in [-0.39, 0.29) is 0 Å². The lowest BCUT2D eigenvalue weighted by Gasteiger charge is -1.96. The number of rotatable bonds is 0. The minimum atomic E-state index is 0.822. The number of anilines is 1. The number of para-hydroxylation sites is 2. The van der Waals surface area contributed by atoms with Crippen molar-refractivity contribution in [1.29, 1.82) is 0 Å². The van der Waals surface area contributed by atoms with E-state index in [0.29, 0.717) is 0 Å². The average Bonchev–Trinajstić information content (AvgIpc) is 2.60. The molecule has 0 aliphatic heterocycles. The van der Waals surface area contributed by atoms with Crippen molar-refractivity contribution in [3.63, 3.8) is 0 Å². The van der Waals surface area contributed by atoms with Crippen LogP contribution in [0.25, 0.3) is 10.9 Å². The van der Waals surface area contributed by atoms with E-state index in [1.807, 2.05) is 89.2 Å². The van der Waals surface area contributed by atoms with E-state index >= 15 is 0 Å². The molecule has 0 spiro atoms. The van der Waals surface area contributed by atoms with Gasteiger partial charge in [0.15, 0.2) is 0 Å². The van der Waals surface area contributed by atoms with E-state index < -0.39 is 0 Å². The summed E-state index contributed by atoms with van der Waals surface area (Å²) in [5.41, 5.74) is 8.23. The molecule has 0 fully saturated rings. The third-order valence-corrected chi connectivity index (χ3v) is 2.54. The highest BCUT2D eigenvalue weighted by atomic mass is 14.8. The molecular formula is C19H27N3. The lowest BCUT2D eigenvalue weighted by atomic mass is 10.2. The molecule has 0 saturated heterocycles. The van der Waals surface area contributed by atoms with Crippen molar-refractivity contribution in [2.45, 2.75) is 34.6 Å². The predicted molar refractivity (Wildman–Crippen MR) is 97.8 cm³/mol. The van der Waals surface area contributed by atoms with Crippen LogP contribution in [-0.4, -0.2) is 9.97 Å². The van der Waals surface area contributed by atoms with Crippen LogP contribution in [0.15, 0.2) is 60.9 Å². The van der Waals surface area contributed by atoms with Gasteiger partial charge in [0, 0.05) is 16.8 Å². The molecule has 0 atom stereocenters. The smallest absolute Gasteiger partial charge is 0.116 e. The molecule has 0 amide bonds. The summed E-state index contributed by atoms with van der Waals surface area (Å²) in [6, 6.07) is 17.5. The van der Waals surface area contributed by atoms with E-state index in [2.05, 4.69) is 9.97 Å². The van der Waals surface area contributed by atoms with Gasteiger partial charge < -0.3 is 5.73 Å². The van der Waals surface area contributed by atoms with Gasteiger partial charge in [-0.1, -0.05) is 64.1 Å². The van der Waals surface area contributed by atoms with Gasteiger partial charge in [0.25, 0.3) is 0 Å². The summed E-state index contributed by atoms with van der Waals surface area (Å²) < 4.78 is 0. The van der Waals surface area contributed by atoms with Crippen LogP contribution in [0.3, 0.4) is 0 Å². The maximum atomic E-state index is 5.36. The van der Waals surface area contributed by atoms with Crippen LogP contribution in [0.1, 0.15) is 33.4 Å². The Bertz CT molecular complexity index is 616. The number of fused-ring (bicyclic) bond motifs is 1. The maximum absolute atomic E-state index is 5.36. The van der Waals surface area contributed by atoms with E-state index in [9.17, 15) is 0 Å². The van der Waals surface area contributed by atoms with Gasteiger partial charge in [-0.25, -0.2) is 9.97 Å². The standard InChI is InChI=1S/C9H8N2.C6H7N.2C2H6/c1-7-8-4-2-3-5-9(8)11-6-10-7;7-6-4-2-1-3-5-6;2*1-2/h2-6H,1H3;1-5H,7H2;2*1-2H3. The van der Waals surface area contributed by atoms with Crippen molar-refractivity contribution in [3.8, 4) is 0 Å². The van der Waals surface area contributed by atoms with Gasteiger partial charge in [-0.3, -0.25) is 0 Å². The second kappa shape index (κ2) is 12.3. The number of hydrogen-bond acceptors (Lipinski definition) is 3. The molecule has 1 aromatic heterocycles. The summed E-state index contributed by atoms with van der Waals surface area (Å²) in [6.45, 7) is 9.99. The van der Waals surface area contributed by atoms with Crippen molar-refractivity contribution in [2.75, 3.05) is 5.73 Å². The van der Waals surface area contributed by atoms with Gasteiger partial charge in [0.05, 0.1) is 5.52 Å². The summed E-state index contributed by atoms with van der Waals surface area (Å²) in [5.74, 6) is 0. The van der Waals surface area contributed by atoms with Crippen LogP contribution in [0.2, 0.25) is 0 Å². The van der Waals surface area contributed by atoms with Gasteiger partial charge >= 0.3 is 0 Å². The minimum Gasteiger partial charge on any atom is -0.399 e. The lowest BCUT2D eigenvalue weighted by Crippen LogP contribution is -1.85. The Labute approximate surface area is 134 Å². The van der Waals surface area contributed by atoms with Crippen molar-refractivity contribution >= 4 is 16.6 Å². The van der Waals surface area contributed by atoms with E-state index in [1.165, 1.54) is 0 Å². The lowest BCUT2D eigenvalue weighted by molar-refractivity contribution is 1.15. The Morgan fingerprint density at radius 1 is 0.727 bits per heavy atom. The number of nitrogens with zero attached hydrogens (tertiary/aromatic N) is 2. The fourth-order valence-corrected chi connectivity index (χ4v) is 1.59. The normalized spacial score (nSPS) is 8.41. The molecule has 2 N–H and O–H groups in total. The molecule has 3 rings (SSSR count). The van der Waals surface area contributed by atoms with E-state index in [1.54, 1.807) is 6.33 Å². The van der Waals surface area contributed by atoms with Crippen LogP contribution in [0.5, 0.6) is 0 Å². The summed E-state index contributed by atoms with van der Waals surface area (Å²) in [7, 11) is 0. The van der Waals surface area contributed by atoms with Crippen LogP contribution in [0, 0.1) is 6.92 Å². The first-order valence-electron chi connectivity index (χ1n) is 7.74. The molecule has 3 nitrogen and oxygen atoms in total. The van der Waals surface area contributed by atoms with Crippen LogP contribution in [0.4, 0.5) is 5.69 Å². The van der Waals surface area contributed by atoms with Gasteiger partial charge in [0.1, 0.15) is 6.33 Å². The van der Waals surface area contributed by atoms with Gasteiger partial charge in [0.2, 0.25) is 0 Å². The Kier molecular flexibility index (Phi) is 11.0. The quantitative estimate of drug-likeness (QED) is 0.576. The third-order valence-electron chi connectivity index (χ3n) is 2.54. The molecule has 0 aliphatic carbocycles. The highest BCUT2D eigenvalue weighted by molar-refractivity contribution is 5.80. The predicted octanol–water partition coefficient (Wildman–Crippen LogP) is 5.26. The maximum Gasteiger partial charge on any atom is 0.116 e. The highest BCUT2D eigenvalue weighted by Crippen LogP contribution is 2.11. The zero-order chi connectivity index (χ0) is 16.8. The summed E-state index contributed by atoms with van der Waals surface area (Å²) in [4.78, 5) is 8.23. The van der Waals surface area contributed by atoms with Crippen molar-refractivity contribution in [1.82, 2.24) is 9.97 Å². The Balaban J connectivity index is 0.000000348. The molecule has 0 aliphatic rings. The third kappa shape index (κ3) is 6.84. The first kappa shape index (κ1) is 19.6. The van der Waals surface area contributed by atoms with E-state index in [4.69, 9.17) is 5.73 Å². The second-order valence-corrected chi connectivity index (χ2v) is 3.89. The van der Waals surface area contributed by atoms with E-state index in [0.717, 1.165) is 22.3 Å². The first-order valence-corrected chi connectivity index (χ1v) is 7.74. The molecule has 0 bridgehead atoms. The number of hydrogen-bond donors (Lipinski definition) is 1. The number of benzene rings is 2. The molecule has 0 radical (unpaired) electrons. The highest BCUT2D eigenvalue weighted by Gasteiger charge is 1.94. The number of aromatic nitrogens is 2. The zero-order valence-electron chi connectivity index (χ0n) is 14.2. The van der Waals surface area contributed by atoms with Crippen LogP contribution >= 0.6 is 0 Å². The summed E-state index contributed by atoms with van der Waals surface area (Å²) in [5, 5.41) is 1.13. The van der Waals surface area contributed by atoms with Gasteiger partial charge in [-0.05, 0) is 25.1 Å². The second-order valence-electron chi connectivity index (χ2n) is 3.89. The average molecular weight is 297 g/mol. The molecule has 0 unspecified atom stereocenters. The fourth-order valence-electron chi connectivity index (χ4n) is 1.59. The number of aryl methyl sites for hydroxylation is 1. The molecule has 22 heavy (non-hydrogen) atoms. The molecule has 0 saturated carbocycles. The summed E-state index contributed by atoms with van der Waals surface area (Å²) >= 11 is 0. The SMILES string of the molecule is CC.CC.Cc1ncnc2ccccc12.Nc1ccccc1. The largest absolute Gasteiger partial charge is 0.399 e. The van der Waals surface area contributed by atoms with Crippen molar-refractivity contribution in [3.05, 3.63) is 66.6 Å². The molecule has 1 heterocycles. The van der Waals surface area contributed by atoms with Gasteiger partial charge in [-0.15, -0.1) is 0 Å².